The smallest absolute Gasteiger partial charge is 0.193 e. The molecule has 0 aromatic heterocycles. The number of allylic oxidation sites excluding steroid dienone is 4. The van der Waals surface area contributed by atoms with Crippen molar-refractivity contribution in [3.8, 4) is 11.5 Å². The average molecular weight is 599 g/mol. The Balaban J connectivity index is 1.16. The number of ether oxygens (including phenoxy) is 3. The van der Waals surface area contributed by atoms with E-state index in [2.05, 4.69) is 6.92 Å². The first kappa shape index (κ1) is 29.3. The second kappa shape index (κ2) is 10.3. The van der Waals surface area contributed by atoms with Crippen LogP contribution < -0.4 is 4.74 Å². The highest BCUT2D eigenvalue weighted by molar-refractivity contribution is 6.01. The molecule has 1 saturated heterocycles. The van der Waals surface area contributed by atoms with Crippen molar-refractivity contribution in [2.45, 2.75) is 70.6 Å². The molecule has 0 amide bonds. The van der Waals surface area contributed by atoms with Crippen molar-refractivity contribution >= 4 is 17.3 Å². The summed E-state index contributed by atoms with van der Waals surface area (Å²) < 4.78 is 19.2. The van der Waals surface area contributed by atoms with Gasteiger partial charge in [-0.3, -0.25) is 14.4 Å². The second-order valence-electron chi connectivity index (χ2n) is 13.6. The van der Waals surface area contributed by atoms with Gasteiger partial charge in [0, 0.05) is 27.9 Å². The third-order valence-electron chi connectivity index (χ3n) is 11.4. The van der Waals surface area contributed by atoms with Crippen LogP contribution in [0.2, 0.25) is 0 Å². The van der Waals surface area contributed by atoms with Gasteiger partial charge in [-0.15, -0.1) is 0 Å². The van der Waals surface area contributed by atoms with Crippen molar-refractivity contribution in [1.82, 2.24) is 0 Å². The van der Waals surface area contributed by atoms with Gasteiger partial charge in [0.15, 0.2) is 29.2 Å². The molecule has 9 atom stereocenters. The third-order valence-corrected chi connectivity index (χ3v) is 11.4. The standard InChI is InChI=1S/C36H38O8/c1-20(38)22-5-4-6-26(15-22)42-25-10-7-21(8-11-25)33-43-31-17-28-27-12-9-23-16-24(39)13-14-34(23,2)32(27)29(40)18-35(28,3)36(31,44-33)30(41)19-37/h4-8,10-11,13-16,27-29,31-33,37,40H,9,12,17-19H2,1-3H3/t27-,28-,29-,31+,32+,33-,34-,35-,36+/m0/s1. The summed E-state index contributed by atoms with van der Waals surface area (Å²) in [6.45, 7) is 4.97. The van der Waals surface area contributed by atoms with Gasteiger partial charge in [0.2, 0.25) is 0 Å². The first-order chi connectivity index (χ1) is 21.0. The first-order valence-electron chi connectivity index (χ1n) is 15.5. The lowest BCUT2D eigenvalue weighted by atomic mass is 9.46. The Morgan fingerprint density at radius 2 is 1.86 bits per heavy atom. The molecule has 4 aliphatic carbocycles. The zero-order valence-electron chi connectivity index (χ0n) is 25.2. The molecular weight excluding hydrogens is 560 g/mol. The fourth-order valence-electron chi connectivity index (χ4n) is 9.44. The van der Waals surface area contributed by atoms with E-state index in [-0.39, 0.29) is 29.3 Å². The molecule has 7 rings (SSSR count). The number of ketones is 3. The van der Waals surface area contributed by atoms with E-state index in [1.807, 2.05) is 25.1 Å². The van der Waals surface area contributed by atoms with Gasteiger partial charge in [0.05, 0.1) is 12.2 Å². The Kier molecular flexibility index (Phi) is 6.86. The summed E-state index contributed by atoms with van der Waals surface area (Å²) in [6.07, 6.45) is 5.65. The van der Waals surface area contributed by atoms with Crippen molar-refractivity contribution in [1.29, 1.82) is 0 Å². The SMILES string of the molecule is CC(=O)c1cccc(Oc2ccc([C@H]3O[C@@H]4C[C@H]5[C@@H]6CCC7=CC(=O)C=C[C@]7(C)[C@H]6[C@@H](O)C[C@]5(C)[C@]4(C(=O)CO)O3)cc2)c1. The van der Waals surface area contributed by atoms with Gasteiger partial charge in [-0.1, -0.05) is 49.8 Å². The van der Waals surface area contributed by atoms with Crippen molar-refractivity contribution in [3.63, 3.8) is 0 Å². The molecule has 2 N–H and O–H groups in total. The largest absolute Gasteiger partial charge is 0.457 e. The molecule has 5 aliphatic rings. The van der Waals surface area contributed by atoms with Gasteiger partial charge in [0.1, 0.15) is 18.1 Å². The summed E-state index contributed by atoms with van der Waals surface area (Å²) in [5.41, 5.74) is -0.247. The van der Waals surface area contributed by atoms with Gasteiger partial charge in [0.25, 0.3) is 0 Å². The topological polar surface area (TPSA) is 119 Å². The maximum Gasteiger partial charge on any atom is 0.193 e. The highest BCUT2D eigenvalue weighted by Gasteiger charge is 2.75. The highest BCUT2D eigenvalue weighted by atomic mass is 16.7. The summed E-state index contributed by atoms with van der Waals surface area (Å²) in [5.74, 6) is 0.676. The summed E-state index contributed by atoms with van der Waals surface area (Å²) in [4.78, 5) is 37.7. The van der Waals surface area contributed by atoms with E-state index in [1.54, 1.807) is 48.6 Å². The minimum absolute atomic E-state index is 0.0106. The molecule has 4 fully saturated rings. The maximum absolute atomic E-state index is 13.7. The predicted octanol–water partition coefficient (Wildman–Crippen LogP) is 5.28. The van der Waals surface area contributed by atoms with Gasteiger partial charge in [-0.2, -0.15) is 0 Å². The van der Waals surface area contributed by atoms with Crippen molar-refractivity contribution in [2.75, 3.05) is 6.61 Å². The number of aliphatic hydroxyl groups is 2. The van der Waals surface area contributed by atoms with Crippen molar-refractivity contribution in [2.24, 2.45) is 28.6 Å². The maximum atomic E-state index is 13.7. The monoisotopic (exact) mass is 598 g/mol. The Hall–Kier alpha value is -3.43. The van der Waals surface area contributed by atoms with Crippen LogP contribution in [0.1, 0.15) is 68.7 Å². The molecule has 1 aliphatic heterocycles. The van der Waals surface area contributed by atoms with E-state index in [0.29, 0.717) is 35.5 Å². The molecule has 0 spiro atoms. The molecule has 2 aromatic rings. The van der Waals surface area contributed by atoms with E-state index < -0.39 is 47.3 Å². The molecule has 0 radical (unpaired) electrons. The van der Waals surface area contributed by atoms with Crippen LogP contribution in [0.15, 0.2) is 72.3 Å². The molecule has 2 aromatic carbocycles. The summed E-state index contributed by atoms with van der Waals surface area (Å²) in [5, 5.41) is 22.0. The van der Waals surface area contributed by atoms with Gasteiger partial charge in [-0.05, 0) is 80.9 Å². The quantitative estimate of drug-likeness (QED) is 0.431. The molecule has 230 valence electrons. The highest BCUT2D eigenvalue weighted by Crippen LogP contribution is 2.70. The van der Waals surface area contributed by atoms with Crippen LogP contribution in [0, 0.1) is 28.6 Å². The summed E-state index contributed by atoms with van der Waals surface area (Å²) >= 11 is 0. The van der Waals surface area contributed by atoms with Crippen molar-refractivity contribution < 1.29 is 38.8 Å². The Morgan fingerprint density at radius 3 is 2.59 bits per heavy atom. The van der Waals surface area contributed by atoms with Crippen LogP contribution in [0.3, 0.4) is 0 Å². The Morgan fingerprint density at radius 1 is 1.09 bits per heavy atom. The fourth-order valence-corrected chi connectivity index (χ4v) is 9.44. The lowest BCUT2D eigenvalue weighted by molar-refractivity contribution is -0.201. The number of rotatable bonds is 6. The number of benzene rings is 2. The lowest BCUT2D eigenvalue weighted by Crippen LogP contribution is -2.63. The van der Waals surface area contributed by atoms with Gasteiger partial charge >= 0.3 is 0 Å². The van der Waals surface area contributed by atoms with E-state index in [1.165, 1.54) is 6.92 Å². The fraction of sp³-hybridized carbons (Fsp3) is 0.472. The van der Waals surface area contributed by atoms with E-state index in [9.17, 15) is 24.6 Å². The van der Waals surface area contributed by atoms with Crippen molar-refractivity contribution in [3.05, 3.63) is 83.5 Å². The minimum atomic E-state index is -1.40. The number of hydrogen-bond donors (Lipinski definition) is 2. The van der Waals surface area contributed by atoms with Crippen LogP contribution in [-0.2, 0) is 19.1 Å². The predicted molar refractivity (Wildman–Crippen MR) is 160 cm³/mol. The molecule has 8 heteroatoms. The third kappa shape index (κ3) is 4.15. The number of carbonyl (C=O) groups is 3. The average Bonchev–Trinajstić information content (AvgIpc) is 3.50. The number of fused-ring (bicyclic) bond motifs is 7. The Bertz CT molecular complexity index is 1590. The van der Waals surface area contributed by atoms with Gasteiger partial charge < -0.3 is 24.4 Å². The minimum Gasteiger partial charge on any atom is -0.457 e. The second-order valence-corrected chi connectivity index (χ2v) is 13.6. The van der Waals surface area contributed by atoms with Crippen LogP contribution in [0.25, 0.3) is 0 Å². The molecule has 3 saturated carbocycles. The normalized spacial score (nSPS) is 38.7. The van der Waals surface area contributed by atoms with Crippen LogP contribution >= 0.6 is 0 Å². The number of Topliss-reactive ketones (excluding diaryl/α,β-unsaturated/α-hetero) is 2. The summed E-state index contributed by atoms with van der Waals surface area (Å²) in [6, 6.07) is 14.2. The Labute approximate surface area is 256 Å². The summed E-state index contributed by atoms with van der Waals surface area (Å²) in [7, 11) is 0. The van der Waals surface area contributed by atoms with E-state index >= 15 is 0 Å². The molecule has 1 heterocycles. The van der Waals surface area contributed by atoms with Crippen LogP contribution in [0.4, 0.5) is 0 Å². The zero-order valence-corrected chi connectivity index (χ0v) is 25.2. The number of aliphatic hydroxyl groups excluding tert-OH is 2. The van der Waals surface area contributed by atoms with Crippen LogP contribution in [0.5, 0.6) is 11.5 Å². The van der Waals surface area contributed by atoms with E-state index in [0.717, 1.165) is 18.4 Å². The molecular formula is C36H38O8. The molecule has 8 nitrogen and oxygen atoms in total. The van der Waals surface area contributed by atoms with Crippen LogP contribution in [-0.4, -0.2) is 52.0 Å². The zero-order chi connectivity index (χ0) is 31.0. The van der Waals surface area contributed by atoms with Gasteiger partial charge in [-0.25, -0.2) is 0 Å². The number of carbonyl (C=O) groups excluding carboxylic acids is 3. The molecule has 0 unspecified atom stereocenters. The lowest BCUT2D eigenvalue weighted by Gasteiger charge is -2.59. The molecule has 44 heavy (non-hydrogen) atoms. The number of hydrogen-bond acceptors (Lipinski definition) is 8. The first-order valence-corrected chi connectivity index (χ1v) is 15.5. The molecule has 0 bridgehead atoms. The van der Waals surface area contributed by atoms with E-state index in [4.69, 9.17) is 14.2 Å².